The summed E-state index contributed by atoms with van der Waals surface area (Å²) in [7, 11) is 0. The topological polar surface area (TPSA) is 26.3 Å². The van der Waals surface area contributed by atoms with Crippen LogP contribution < -0.4 is 4.74 Å². The van der Waals surface area contributed by atoms with Gasteiger partial charge in [0.1, 0.15) is 12.4 Å². The molecule has 0 amide bonds. The number of hydrogen-bond acceptors (Lipinski definition) is 3. The van der Waals surface area contributed by atoms with Crippen LogP contribution in [0.4, 0.5) is 0 Å². The van der Waals surface area contributed by atoms with Crippen molar-refractivity contribution < 1.29 is 9.53 Å². The van der Waals surface area contributed by atoms with Gasteiger partial charge in [0.25, 0.3) is 5.24 Å². The molecule has 0 aliphatic rings. The molecule has 0 aliphatic heterocycles. The highest BCUT2D eigenvalue weighted by molar-refractivity contribution is 7.98. The monoisotopic (exact) mass is 368 g/mol. The molecule has 0 atom stereocenters. The Labute approximate surface area is 156 Å². The van der Waals surface area contributed by atoms with Gasteiger partial charge >= 0.3 is 0 Å². The van der Waals surface area contributed by atoms with E-state index in [2.05, 4.69) is 0 Å². The van der Waals surface area contributed by atoms with Crippen molar-refractivity contribution in [1.82, 2.24) is 0 Å². The maximum Gasteiger partial charge on any atom is 0.253 e. The molecule has 3 aromatic carbocycles. The van der Waals surface area contributed by atoms with Crippen LogP contribution in [0.25, 0.3) is 0 Å². The smallest absolute Gasteiger partial charge is 0.253 e. The van der Waals surface area contributed by atoms with Crippen molar-refractivity contribution >= 4 is 28.6 Å². The van der Waals surface area contributed by atoms with Gasteiger partial charge in [-0.15, -0.1) is 11.8 Å². The zero-order valence-corrected chi connectivity index (χ0v) is 15.1. The SMILES string of the molecule is O=C(Cl)c1ccccc1SCc1ccccc1OCc1ccccc1. The van der Waals surface area contributed by atoms with Crippen molar-refractivity contribution in [3.05, 3.63) is 95.6 Å². The number of para-hydroxylation sites is 1. The Balaban J connectivity index is 1.70. The minimum Gasteiger partial charge on any atom is -0.489 e. The van der Waals surface area contributed by atoms with Gasteiger partial charge in [0, 0.05) is 21.8 Å². The van der Waals surface area contributed by atoms with E-state index in [1.165, 1.54) is 0 Å². The van der Waals surface area contributed by atoms with Gasteiger partial charge in [-0.1, -0.05) is 60.7 Å². The lowest BCUT2D eigenvalue weighted by atomic mass is 10.2. The highest BCUT2D eigenvalue weighted by Gasteiger charge is 2.10. The predicted octanol–water partition coefficient (Wildman–Crippen LogP) is 5.94. The second-order valence-electron chi connectivity index (χ2n) is 5.44. The molecule has 126 valence electrons. The Hall–Kier alpha value is -2.23. The molecule has 0 saturated heterocycles. The van der Waals surface area contributed by atoms with Crippen molar-refractivity contribution in [3.63, 3.8) is 0 Å². The van der Waals surface area contributed by atoms with Gasteiger partial charge in [-0.3, -0.25) is 4.79 Å². The summed E-state index contributed by atoms with van der Waals surface area (Å²) in [6, 6.07) is 25.4. The molecule has 25 heavy (non-hydrogen) atoms. The van der Waals surface area contributed by atoms with Crippen molar-refractivity contribution in [3.8, 4) is 5.75 Å². The highest BCUT2D eigenvalue weighted by Crippen LogP contribution is 2.31. The Morgan fingerprint density at radius 2 is 1.56 bits per heavy atom. The van der Waals surface area contributed by atoms with Crippen molar-refractivity contribution in [1.29, 1.82) is 0 Å². The number of halogens is 1. The van der Waals surface area contributed by atoms with E-state index in [0.717, 1.165) is 21.8 Å². The van der Waals surface area contributed by atoms with Crippen LogP contribution in [-0.4, -0.2) is 5.24 Å². The van der Waals surface area contributed by atoms with Crippen molar-refractivity contribution in [2.24, 2.45) is 0 Å². The van der Waals surface area contributed by atoms with E-state index in [9.17, 15) is 4.79 Å². The van der Waals surface area contributed by atoms with E-state index >= 15 is 0 Å². The van der Waals surface area contributed by atoms with Gasteiger partial charge in [0.2, 0.25) is 0 Å². The summed E-state index contributed by atoms with van der Waals surface area (Å²) in [6.07, 6.45) is 0. The Morgan fingerprint density at radius 1 is 0.880 bits per heavy atom. The third-order valence-electron chi connectivity index (χ3n) is 3.69. The average Bonchev–Trinajstić information content (AvgIpc) is 2.66. The van der Waals surface area contributed by atoms with E-state index in [4.69, 9.17) is 16.3 Å². The molecule has 0 unspecified atom stereocenters. The molecule has 0 aliphatic carbocycles. The number of benzene rings is 3. The second kappa shape index (κ2) is 8.75. The number of thioether (sulfide) groups is 1. The van der Waals surface area contributed by atoms with Crippen LogP contribution in [0.2, 0.25) is 0 Å². The molecule has 0 radical (unpaired) electrons. The minimum absolute atomic E-state index is 0.434. The van der Waals surface area contributed by atoms with Crippen LogP contribution in [0.3, 0.4) is 0 Å². The van der Waals surface area contributed by atoms with Crippen LogP contribution in [0, 0.1) is 0 Å². The van der Waals surface area contributed by atoms with E-state index in [0.29, 0.717) is 17.9 Å². The normalized spacial score (nSPS) is 10.4. The van der Waals surface area contributed by atoms with Crippen molar-refractivity contribution in [2.45, 2.75) is 17.3 Å². The number of hydrogen-bond donors (Lipinski definition) is 0. The fourth-order valence-corrected chi connectivity index (χ4v) is 3.67. The number of carbonyl (C=O) groups excluding carboxylic acids is 1. The van der Waals surface area contributed by atoms with Crippen LogP contribution in [0.1, 0.15) is 21.5 Å². The van der Waals surface area contributed by atoms with Gasteiger partial charge in [-0.25, -0.2) is 0 Å². The molecule has 0 saturated carbocycles. The molecule has 4 heteroatoms. The first-order valence-corrected chi connectivity index (χ1v) is 9.26. The third kappa shape index (κ3) is 4.88. The molecule has 3 rings (SSSR count). The lowest BCUT2D eigenvalue weighted by molar-refractivity contribution is 0.107. The first-order valence-electron chi connectivity index (χ1n) is 7.90. The summed E-state index contributed by atoms with van der Waals surface area (Å²) in [5, 5.41) is -0.434. The second-order valence-corrected chi connectivity index (χ2v) is 6.80. The van der Waals surface area contributed by atoms with E-state index < -0.39 is 5.24 Å². The summed E-state index contributed by atoms with van der Waals surface area (Å²) in [5.74, 6) is 1.56. The molecule has 0 N–H and O–H groups in total. The molecule has 2 nitrogen and oxygen atoms in total. The standard InChI is InChI=1S/C21H17ClO2S/c22-21(23)18-11-5-7-13-20(18)25-15-17-10-4-6-12-19(17)24-14-16-8-2-1-3-9-16/h1-13H,14-15H2. The van der Waals surface area contributed by atoms with Crippen LogP contribution in [0.15, 0.2) is 83.8 Å². The molecular weight excluding hydrogens is 352 g/mol. The van der Waals surface area contributed by atoms with E-state index in [-0.39, 0.29) is 0 Å². The summed E-state index contributed by atoms with van der Waals surface area (Å²) in [6.45, 7) is 0.527. The fourth-order valence-electron chi connectivity index (χ4n) is 2.41. The van der Waals surface area contributed by atoms with Crippen molar-refractivity contribution in [2.75, 3.05) is 0 Å². The van der Waals surface area contributed by atoms with Crippen LogP contribution in [-0.2, 0) is 12.4 Å². The largest absolute Gasteiger partial charge is 0.489 e. The zero-order valence-electron chi connectivity index (χ0n) is 13.5. The van der Waals surface area contributed by atoms with Gasteiger partial charge < -0.3 is 4.74 Å². The number of carbonyl (C=O) groups is 1. The molecule has 0 heterocycles. The average molecular weight is 369 g/mol. The number of ether oxygens (including phenoxy) is 1. The Kier molecular flexibility index (Phi) is 6.15. The summed E-state index contributed by atoms with van der Waals surface area (Å²) in [5.41, 5.74) is 2.75. The molecule has 0 bridgehead atoms. The predicted molar refractivity (Wildman–Crippen MR) is 103 cm³/mol. The molecule has 0 fully saturated rings. The first-order chi connectivity index (χ1) is 12.2. The minimum atomic E-state index is -0.434. The van der Waals surface area contributed by atoms with Gasteiger partial charge in [0.05, 0.1) is 0 Å². The fraction of sp³-hybridized carbons (Fsp3) is 0.0952. The quantitative estimate of drug-likeness (QED) is 0.381. The molecule has 0 spiro atoms. The Bertz CT molecular complexity index is 849. The lowest BCUT2D eigenvalue weighted by Crippen LogP contribution is -1.98. The molecule has 3 aromatic rings. The maximum absolute atomic E-state index is 11.5. The van der Waals surface area contributed by atoms with Crippen LogP contribution in [0.5, 0.6) is 5.75 Å². The number of rotatable bonds is 7. The maximum atomic E-state index is 11.5. The highest BCUT2D eigenvalue weighted by atomic mass is 35.5. The van der Waals surface area contributed by atoms with Gasteiger partial charge in [-0.05, 0) is 35.4 Å². The summed E-state index contributed by atoms with van der Waals surface area (Å²) >= 11 is 7.24. The zero-order chi connectivity index (χ0) is 17.5. The third-order valence-corrected chi connectivity index (χ3v) is 5.02. The summed E-state index contributed by atoms with van der Waals surface area (Å²) in [4.78, 5) is 12.4. The van der Waals surface area contributed by atoms with Gasteiger partial charge in [0.15, 0.2) is 0 Å². The van der Waals surface area contributed by atoms with Crippen LogP contribution >= 0.6 is 23.4 Å². The Morgan fingerprint density at radius 3 is 2.36 bits per heavy atom. The van der Waals surface area contributed by atoms with E-state index in [1.54, 1.807) is 17.8 Å². The molecular formula is C21H17ClO2S. The van der Waals surface area contributed by atoms with E-state index in [1.807, 2.05) is 72.8 Å². The molecule has 0 aromatic heterocycles. The summed E-state index contributed by atoms with van der Waals surface area (Å²) < 4.78 is 5.98. The lowest BCUT2D eigenvalue weighted by Gasteiger charge is -2.12. The first kappa shape index (κ1) is 17.6. The van der Waals surface area contributed by atoms with Gasteiger partial charge in [-0.2, -0.15) is 0 Å².